The number of carboxylic acids is 1. The molecule has 1 amide bonds. The minimum atomic E-state index is -1.05. The van der Waals surface area contributed by atoms with E-state index in [1.54, 1.807) is 24.3 Å². The van der Waals surface area contributed by atoms with Crippen molar-refractivity contribution in [3.05, 3.63) is 63.1 Å². The second-order valence-electron chi connectivity index (χ2n) is 8.28. The predicted octanol–water partition coefficient (Wildman–Crippen LogP) is 4.32. The molecule has 0 spiro atoms. The third-order valence-corrected chi connectivity index (χ3v) is 6.41. The number of carboxylic acid groups (broad SMARTS) is 2. The molecule has 0 saturated carbocycles. The summed E-state index contributed by atoms with van der Waals surface area (Å²) in [5.41, 5.74) is 2.64. The lowest BCUT2D eigenvalue weighted by Crippen LogP contribution is -2.61. The molecule has 10 heteroatoms. The number of piperazine rings is 1. The normalized spacial score (nSPS) is 19.7. The molecular formula is C24H24Cl2N2O6. The molecule has 0 unspecified atom stereocenters. The van der Waals surface area contributed by atoms with Crippen molar-refractivity contribution in [1.29, 1.82) is 0 Å². The van der Waals surface area contributed by atoms with Crippen LogP contribution in [0.5, 0.6) is 11.5 Å². The molecule has 4 rings (SSSR count). The molecular weight excluding hydrogens is 483 g/mol. The van der Waals surface area contributed by atoms with E-state index >= 15 is 0 Å². The van der Waals surface area contributed by atoms with E-state index in [1.807, 2.05) is 19.1 Å². The lowest BCUT2D eigenvalue weighted by atomic mass is 9.83. The van der Waals surface area contributed by atoms with Crippen LogP contribution in [0.15, 0.2) is 42.0 Å². The minimum Gasteiger partial charge on any atom is -0.490 e. The van der Waals surface area contributed by atoms with Gasteiger partial charge in [0.1, 0.15) is 19.0 Å². The summed E-state index contributed by atoms with van der Waals surface area (Å²) in [5, 5.41) is 23.3. The lowest BCUT2D eigenvalue weighted by molar-refractivity contribution is -0.133. The van der Waals surface area contributed by atoms with Gasteiger partial charge in [-0.2, -0.15) is 0 Å². The van der Waals surface area contributed by atoms with E-state index < -0.39 is 18.1 Å². The number of nitrogens with zero attached hydrogens (tertiary/aromatic N) is 1. The largest absolute Gasteiger partial charge is 0.490 e. The molecule has 180 valence electrons. The van der Waals surface area contributed by atoms with Crippen LogP contribution >= 0.6 is 23.2 Å². The zero-order chi connectivity index (χ0) is 24.4. The van der Waals surface area contributed by atoms with Crippen molar-refractivity contribution in [3.8, 4) is 11.5 Å². The van der Waals surface area contributed by atoms with Gasteiger partial charge in [-0.05, 0) is 54.3 Å². The number of aryl methyl sites for hydroxylation is 1. The van der Waals surface area contributed by atoms with Gasteiger partial charge < -0.3 is 29.9 Å². The molecule has 2 aromatic rings. The summed E-state index contributed by atoms with van der Waals surface area (Å²) in [4.78, 5) is 24.7. The molecule has 0 radical (unpaired) electrons. The molecule has 2 aliphatic rings. The molecule has 2 atom stereocenters. The van der Waals surface area contributed by atoms with Crippen LogP contribution in [0.2, 0.25) is 10.0 Å². The lowest BCUT2D eigenvalue weighted by Gasteiger charge is -2.42. The summed E-state index contributed by atoms with van der Waals surface area (Å²) < 4.78 is 11.4. The highest BCUT2D eigenvalue weighted by Crippen LogP contribution is 2.35. The van der Waals surface area contributed by atoms with Gasteiger partial charge in [0.05, 0.1) is 21.7 Å². The fourth-order valence-corrected chi connectivity index (χ4v) is 5.11. The number of ether oxygens (including phenoxy) is 2. The Morgan fingerprint density at radius 1 is 1.06 bits per heavy atom. The maximum absolute atomic E-state index is 12.0. The van der Waals surface area contributed by atoms with E-state index in [0.29, 0.717) is 40.1 Å². The zero-order valence-electron chi connectivity index (χ0n) is 18.4. The van der Waals surface area contributed by atoms with Crippen LogP contribution in [-0.2, 0) is 4.79 Å². The fraction of sp³-hybridized carbons (Fsp3) is 0.333. The van der Waals surface area contributed by atoms with E-state index in [9.17, 15) is 19.8 Å². The summed E-state index contributed by atoms with van der Waals surface area (Å²) >= 11 is 12.4. The van der Waals surface area contributed by atoms with E-state index in [4.69, 9.17) is 32.7 Å². The van der Waals surface area contributed by atoms with Crippen LogP contribution in [0.1, 0.15) is 17.5 Å². The number of carbonyl (C=O) groups is 2. The first-order valence-electron chi connectivity index (χ1n) is 10.7. The first-order valence-corrected chi connectivity index (χ1v) is 11.5. The quantitative estimate of drug-likeness (QED) is 0.479. The van der Waals surface area contributed by atoms with Crippen molar-refractivity contribution in [2.45, 2.75) is 25.4 Å². The highest BCUT2D eigenvalue weighted by atomic mass is 35.5. The van der Waals surface area contributed by atoms with Gasteiger partial charge in [-0.15, -0.1) is 0 Å². The molecule has 2 heterocycles. The smallest absolute Gasteiger partial charge is 0.407 e. The Bertz CT molecular complexity index is 1110. The number of fused-ring (bicyclic) bond motifs is 2. The molecule has 2 bridgehead atoms. The summed E-state index contributed by atoms with van der Waals surface area (Å²) in [7, 11) is 0. The molecule has 2 aliphatic heterocycles. The van der Waals surface area contributed by atoms with Crippen LogP contribution in [0.3, 0.4) is 0 Å². The maximum atomic E-state index is 12.0. The average Bonchev–Trinajstić information content (AvgIpc) is 2.77. The van der Waals surface area contributed by atoms with Gasteiger partial charge in [0.2, 0.25) is 0 Å². The number of benzene rings is 2. The summed E-state index contributed by atoms with van der Waals surface area (Å²) in [6.45, 7) is 2.83. The molecule has 1 saturated heterocycles. The Hall–Kier alpha value is -2.94. The highest BCUT2D eigenvalue weighted by Gasteiger charge is 2.39. The Morgan fingerprint density at radius 2 is 1.71 bits per heavy atom. The van der Waals surface area contributed by atoms with Crippen LogP contribution in [-0.4, -0.2) is 65.6 Å². The van der Waals surface area contributed by atoms with E-state index in [-0.39, 0.29) is 31.4 Å². The van der Waals surface area contributed by atoms with Gasteiger partial charge in [-0.1, -0.05) is 35.3 Å². The van der Waals surface area contributed by atoms with E-state index in [1.165, 1.54) is 4.90 Å². The Morgan fingerprint density at radius 3 is 2.32 bits per heavy atom. The van der Waals surface area contributed by atoms with Gasteiger partial charge in [-0.25, -0.2) is 9.59 Å². The molecule has 0 aliphatic carbocycles. The van der Waals surface area contributed by atoms with Crippen molar-refractivity contribution < 1.29 is 29.3 Å². The van der Waals surface area contributed by atoms with Crippen molar-refractivity contribution in [2.75, 3.05) is 26.3 Å². The SMILES string of the molecule is Cc1cc(Cl)c(OCCOc2ccc(C3=C(C(=O)O)[C@H]4CN(C(=O)O)C[C@@H](C3)N4)cc2)c(Cl)c1. The third kappa shape index (κ3) is 5.24. The summed E-state index contributed by atoms with van der Waals surface area (Å²) in [6, 6.07) is 10.0. The molecule has 1 fully saturated rings. The van der Waals surface area contributed by atoms with Crippen molar-refractivity contribution in [2.24, 2.45) is 0 Å². The third-order valence-electron chi connectivity index (χ3n) is 5.85. The van der Waals surface area contributed by atoms with Gasteiger partial charge in [-0.3, -0.25) is 0 Å². The molecule has 2 aromatic carbocycles. The van der Waals surface area contributed by atoms with E-state index in [0.717, 1.165) is 11.1 Å². The summed E-state index contributed by atoms with van der Waals surface area (Å²) in [6.07, 6.45) is -0.615. The highest BCUT2D eigenvalue weighted by molar-refractivity contribution is 6.37. The topological polar surface area (TPSA) is 108 Å². The van der Waals surface area contributed by atoms with Crippen molar-refractivity contribution >= 4 is 40.8 Å². The van der Waals surface area contributed by atoms with Crippen LogP contribution in [0.25, 0.3) is 5.57 Å². The second kappa shape index (κ2) is 10.1. The van der Waals surface area contributed by atoms with Crippen LogP contribution < -0.4 is 14.8 Å². The first kappa shape index (κ1) is 24.2. The van der Waals surface area contributed by atoms with Gasteiger partial charge in [0.25, 0.3) is 0 Å². The zero-order valence-corrected chi connectivity index (χ0v) is 19.9. The number of amides is 1. The standard InChI is InChI=1S/C24H24Cl2N2O6/c1-13-8-18(25)22(19(26)9-13)34-7-6-33-16-4-2-14(3-5-16)17-10-15-11-28(24(31)32)12-20(27-15)21(17)23(29)30/h2-5,8-9,15,20,27H,6-7,10-12H2,1H3,(H,29,30)(H,31,32)/t15-,20-/m1/s1. The minimum absolute atomic E-state index is 0.104. The Kier molecular flexibility index (Phi) is 7.21. The summed E-state index contributed by atoms with van der Waals surface area (Å²) in [5.74, 6) is -0.0277. The molecule has 0 aromatic heterocycles. The fourth-order valence-electron chi connectivity index (χ4n) is 4.40. The first-order chi connectivity index (χ1) is 16.2. The van der Waals surface area contributed by atoms with Crippen LogP contribution in [0.4, 0.5) is 4.79 Å². The number of halogens is 2. The van der Waals surface area contributed by atoms with Gasteiger partial charge in [0, 0.05) is 19.1 Å². The number of hydrogen-bond acceptors (Lipinski definition) is 5. The Labute approximate surface area is 206 Å². The Balaban J connectivity index is 1.41. The maximum Gasteiger partial charge on any atom is 0.407 e. The average molecular weight is 507 g/mol. The molecule has 3 N–H and O–H groups in total. The second-order valence-corrected chi connectivity index (χ2v) is 9.10. The van der Waals surface area contributed by atoms with Crippen molar-refractivity contribution in [1.82, 2.24) is 10.2 Å². The van der Waals surface area contributed by atoms with Gasteiger partial charge >= 0.3 is 12.1 Å². The predicted molar refractivity (Wildman–Crippen MR) is 128 cm³/mol. The number of hydrogen-bond donors (Lipinski definition) is 3. The molecule has 34 heavy (non-hydrogen) atoms. The van der Waals surface area contributed by atoms with Crippen LogP contribution in [0, 0.1) is 6.92 Å². The van der Waals surface area contributed by atoms with Gasteiger partial charge in [0.15, 0.2) is 5.75 Å². The van der Waals surface area contributed by atoms with E-state index in [2.05, 4.69) is 5.32 Å². The van der Waals surface area contributed by atoms with Crippen molar-refractivity contribution in [3.63, 3.8) is 0 Å². The number of aliphatic carboxylic acids is 1. The number of nitrogens with one attached hydrogen (secondary N) is 1. The molecule has 8 nitrogen and oxygen atoms in total. The monoisotopic (exact) mass is 506 g/mol. The number of rotatable bonds is 7.